The van der Waals surface area contributed by atoms with Gasteiger partial charge in [-0.25, -0.2) is 0 Å². The average Bonchev–Trinajstić information content (AvgIpc) is 1.86. The molecule has 0 saturated carbocycles. The van der Waals surface area contributed by atoms with Crippen LogP contribution in [-0.4, -0.2) is 0 Å². The molecule has 1 rings (SSSR count). The second-order valence-electron chi connectivity index (χ2n) is 1.65. The van der Waals surface area contributed by atoms with Crippen molar-refractivity contribution >= 4 is 0 Å². The molecule has 0 aromatic carbocycles. The predicted octanol–water partition coefficient (Wildman–Crippen LogP) is 1.89. The van der Waals surface area contributed by atoms with Crippen LogP contribution in [0.2, 0.25) is 0 Å². The Bertz CT molecular complexity index is 101. The topological polar surface area (TPSA) is 0 Å². The van der Waals surface area contributed by atoms with Gasteiger partial charge in [0.25, 0.3) is 0 Å². The van der Waals surface area contributed by atoms with Crippen LogP contribution in [0.5, 0.6) is 0 Å². The van der Waals surface area contributed by atoms with Gasteiger partial charge in [-0.3, -0.25) is 0 Å². The second-order valence-corrected chi connectivity index (χ2v) is 1.65. The van der Waals surface area contributed by atoms with Gasteiger partial charge in [0.2, 0.25) is 0 Å². The van der Waals surface area contributed by atoms with E-state index in [1.54, 1.807) is 0 Å². The maximum Gasteiger partial charge on any atom is 0 e. The maximum atomic E-state index is 2.16. The van der Waals surface area contributed by atoms with E-state index in [9.17, 15) is 0 Å². The van der Waals surface area contributed by atoms with Gasteiger partial charge in [-0.1, -0.05) is 23.8 Å². The van der Waals surface area contributed by atoms with Gasteiger partial charge in [0.05, 0.1) is 0 Å². The van der Waals surface area contributed by atoms with Gasteiger partial charge in [0.1, 0.15) is 0 Å². The van der Waals surface area contributed by atoms with Crippen LogP contribution in [-0.2, 0) is 16.8 Å². The zero-order valence-corrected chi connectivity index (χ0v) is 5.31. The Kier molecular flexibility index (Phi) is 3.04. The molecule has 0 nitrogen and oxygen atoms in total. The van der Waals surface area contributed by atoms with E-state index in [-0.39, 0.29) is 16.8 Å². The Morgan fingerprint density at radius 3 is 2.43 bits per heavy atom. The summed E-state index contributed by atoms with van der Waals surface area (Å²) in [5, 5.41) is 0. The van der Waals surface area contributed by atoms with Crippen LogP contribution in [0.3, 0.4) is 0 Å². The van der Waals surface area contributed by atoms with E-state index in [1.807, 2.05) is 0 Å². The minimum Gasteiger partial charge on any atom is -0.0805 e. The Morgan fingerprint density at radius 1 is 1.57 bits per heavy atom. The van der Waals surface area contributed by atoms with Crippen LogP contribution in [0.25, 0.3) is 0 Å². The van der Waals surface area contributed by atoms with Crippen LogP contribution < -0.4 is 0 Å². The Labute approximate surface area is 54.5 Å². The van der Waals surface area contributed by atoms with Gasteiger partial charge in [-0.05, 0) is 13.3 Å². The molecule has 1 aliphatic rings. The van der Waals surface area contributed by atoms with Crippen molar-refractivity contribution in [3.8, 4) is 0 Å². The molecule has 0 heterocycles. The molecule has 0 unspecified atom stereocenters. The zero-order chi connectivity index (χ0) is 4.41. The van der Waals surface area contributed by atoms with Crippen molar-refractivity contribution in [1.82, 2.24) is 0 Å². The number of hydrogen-bond donors (Lipinski definition) is 0. The summed E-state index contributed by atoms with van der Waals surface area (Å²) in [6.45, 7) is 2.14. The molecule has 0 N–H and O–H groups in total. The van der Waals surface area contributed by atoms with Crippen molar-refractivity contribution in [3.05, 3.63) is 23.8 Å². The van der Waals surface area contributed by atoms with E-state index in [0.29, 0.717) is 0 Å². The van der Waals surface area contributed by atoms with E-state index >= 15 is 0 Å². The zero-order valence-electron chi connectivity index (χ0n) is 4.27. The molecule has 0 aromatic rings. The fraction of sp³-hybridized carbons (Fsp3) is 0.333. The van der Waals surface area contributed by atoms with Crippen molar-refractivity contribution in [1.29, 1.82) is 0 Å². The molecule has 0 aliphatic heterocycles. The van der Waals surface area contributed by atoms with Gasteiger partial charge in [0, 0.05) is 16.8 Å². The first-order chi connectivity index (χ1) is 2.89. The first-order valence-electron chi connectivity index (χ1n) is 2.22. The van der Waals surface area contributed by atoms with Gasteiger partial charge >= 0.3 is 0 Å². The molecule has 0 amide bonds. The fourth-order valence-corrected chi connectivity index (χ4v) is 0.554. The first-order valence-corrected chi connectivity index (χ1v) is 2.22. The van der Waals surface area contributed by atoms with Gasteiger partial charge < -0.3 is 0 Å². The Hall–Kier alpha value is -0.0135. The van der Waals surface area contributed by atoms with Crippen molar-refractivity contribution in [2.45, 2.75) is 13.3 Å². The number of rotatable bonds is 0. The molecule has 1 aliphatic carbocycles. The van der Waals surface area contributed by atoms with Gasteiger partial charge in [-0.2, -0.15) is 0 Å². The third-order valence-electron chi connectivity index (χ3n) is 0.957. The molecule has 0 fully saturated rings. The minimum absolute atomic E-state index is 0. The quantitative estimate of drug-likeness (QED) is 0.480. The van der Waals surface area contributed by atoms with Crippen molar-refractivity contribution < 1.29 is 16.8 Å². The summed E-state index contributed by atoms with van der Waals surface area (Å²) in [6.07, 6.45) is 7.56. The molecule has 1 heteroatoms. The smallest absolute Gasteiger partial charge is 0 e. The molecule has 0 atom stereocenters. The van der Waals surface area contributed by atoms with Crippen LogP contribution in [0.4, 0.5) is 0 Å². The van der Waals surface area contributed by atoms with E-state index in [1.165, 1.54) is 12.0 Å². The van der Waals surface area contributed by atoms with Crippen LogP contribution in [0.15, 0.2) is 23.8 Å². The first kappa shape index (κ1) is 6.99. The van der Waals surface area contributed by atoms with Crippen LogP contribution >= 0.6 is 0 Å². The minimum atomic E-state index is 0. The molecule has 0 aromatic heterocycles. The largest absolute Gasteiger partial charge is 0.0805 e. The van der Waals surface area contributed by atoms with Crippen molar-refractivity contribution in [2.75, 3.05) is 0 Å². The van der Waals surface area contributed by atoms with Gasteiger partial charge in [-0.15, -0.1) is 0 Å². The van der Waals surface area contributed by atoms with E-state index in [2.05, 4.69) is 25.2 Å². The van der Waals surface area contributed by atoms with Crippen molar-refractivity contribution in [3.63, 3.8) is 0 Å². The number of hydrogen-bond acceptors (Lipinski definition) is 0. The predicted molar refractivity (Wildman–Crippen MR) is 27.5 cm³/mol. The summed E-state index contributed by atoms with van der Waals surface area (Å²) in [6, 6.07) is 0. The van der Waals surface area contributed by atoms with E-state index < -0.39 is 0 Å². The SMILES string of the molecule is CC1=CC=CC1.[Co]. The summed E-state index contributed by atoms with van der Waals surface area (Å²) in [7, 11) is 0. The molecule has 7 heavy (non-hydrogen) atoms. The van der Waals surface area contributed by atoms with Crippen molar-refractivity contribution in [2.24, 2.45) is 0 Å². The summed E-state index contributed by atoms with van der Waals surface area (Å²) in [5.41, 5.74) is 1.47. The van der Waals surface area contributed by atoms with Crippen LogP contribution in [0, 0.1) is 0 Å². The maximum absolute atomic E-state index is 2.16. The third kappa shape index (κ3) is 1.95. The van der Waals surface area contributed by atoms with Gasteiger partial charge in [0.15, 0.2) is 0 Å². The summed E-state index contributed by atoms with van der Waals surface area (Å²) >= 11 is 0. The summed E-state index contributed by atoms with van der Waals surface area (Å²) < 4.78 is 0. The molecule has 0 saturated heterocycles. The fourth-order valence-electron chi connectivity index (χ4n) is 0.554. The van der Waals surface area contributed by atoms with Crippen LogP contribution in [0.1, 0.15) is 13.3 Å². The number of allylic oxidation sites excluding steroid dienone is 4. The standard InChI is InChI=1S/C6H8.Co/c1-6-4-2-3-5-6;/h2-4H,5H2,1H3;. The molecule has 1 radical (unpaired) electrons. The molecule has 0 spiro atoms. The molecular formula is C6H8Co. The second kappa shape index (κ2) is 3.05. The molecule has 41 valence electrons. The Morgan fingerprint density at radius 2 is 2.29 bits per heavy atom. The molecular weight excluding hydrogens is 131 g/mol. The van der Waals surface area contributed by atoms with E-state index in [0.717, 1.165) is 0 Å². The Balaban J connectivity index is 0.000000360. The average molecular weight is 139 g/mol. The summed E-state index contributed by atoms with van der Waals surface area (Å²) in [5.74, 6) is 0. The van der Waals surface area contributed by atoms with E-state index in [4.69, 9.17) is 0 Å². The normalized spacial score (nSPS) is 15.9. The molecule has 0 bridgehead atoms. The summed E-state index contributed by atoms with van der Waals surface area (Å²) in [4.78, 5) is 0. The third-order valence-corrected chi connectivity index (χ3v) is 0.957. The monoisotopic (exact) mass is 139 g/mol.